The molecule has 0 saturated carbocycles. The quantitative estimate of drug-likeness (QED) is 0.704. The minimum absolute atomic E-state index is 0.132. The van der Waals surface area contributed by atoms with Gasteiger partial charge in [-0.1, -0.05) is 0 Å². The summed E-state index contributed by atoms with van der Waals surface area (Å²) in [5.74, 6) is -1.58. The Hall–Kier alpha value is -2.22. The van der Waals surface area contributed by atoms with E-state index in [1.54, 1.807) is 0 Å². The van der Waals surface area contributed by atoms with Crippen molar-refractivity contribution in [2.75, 3.05) is 0 Å². The van der Waals surface area contributed by atoms with Crippen molar-refractivity contribution in [3.05, 3.63) is 46.7 Å². The number of carboxylic acids is 1. The molecule has 3 N–H and O–H groups in total. The first-order valence-electron chi connectivity index (χ1n) is 5.68. The van der Waals surface area contributed by atoms with E-state index >= 15 is 0 Å². The van der Waals surface area contributed by atoms with Crippen molar-refractivity contribution in [2.45, 2.75) is 12.5 Å². The van der Waals surface area contributed by atoms with E-state index in [1.807, 2.05) is 0 Å². The molecule has 1 atom stereocenters. The molecule has 2 rings (SSSR count). The van der Waals surface area contributed by atoms with Gasteiger partial charge in [-0.25, -0.2) is 14.8 Å². The first-order valence-corrected chi connectivity index (χ1v) is 6.48. The van der Waals surface area contributed by atoms with Crippen LogP contribution in [0, 0.1) is 0 Å². The van der Waals surface area contributed by atoms with Gasteiger partial charge in [0.25, 0.3) is 5.91 Å². The largest absolute Gasteiger partial charge is 0.480 e. The van der Waals surface area contributed by atoms with Crippen molar-refractivity contribution in [1.29, 1.82) is 0 Å². The maximum Gasteiger partial charge on any atom is 0.326 e. The zero-order chi connectivity index (χ0) is 14.5. The third-order valence-electron chi connectivity index (χ3n) is 2.57. The summed E-state index contributed by atoms with van der Waals surface area (Å²) in [6.45, 7) is 0. The highest BCUT2D eigenvalue weighted by Gasteiger charge is 2.21. The van der Waals surface area contributed by atoms with Crippen LogP contribution in [0.2, 0.25) is 0 Å². The molecule has 20 heavy (non-hydrogen) atoms. The molecule has 2 aromatic rings. The van der Waals surface area contributed by atoms with Gasteiger partial charge in [0.05, 0.1) is 6.33 Å². The standard InChI is InChI=1S/C12H11BrN4O3/c13-10-3-7(1-2-15-10)11(18)17-9(12(19)20)4-8-5-14-6-16-8/h1-3,5-6,9H,4H2,(H,14,16)(H,17,18)(H,19,20). The van der Waals surface area contributed by atoms with Crippen molar-refractivity contribution in [3.63, 3.8) is 0 Å². The highest BCUT2D eigenvalue weighted by atomic mass is 79.9. The Bertz CT molecular complexity index is 615. The molecule has 0 aliphatic carbocycles. The Balaban J connectivity index is 2.08. The number of H-pyrrole nitrogens is 1. The van der Waals surface area contributed by atoms with Crippen LogP contribution in [0.25, 0.3) is 0 Å². The topological polar surface area (TPSA) is 108 Å². The average molecular weight is 339 g/mol. The molecule has 0 aliphatic rings. The molecule has 0 aromatic carbocycles. The van der Waals surface area contributed by atoms with Gasteiger partial charge in [0.15, 0.2) is 0 Å². The number of hydrogen-bond acceptors (Lipinski definition) is 4. The van der Waals surface area contributed by atoms with Crippen LogP contribution in [0.4, 0.5) is 0 Å². The number of aromatic amines is 1. The first-order chi connectivity index (χ1) is 9.56. The minimum Gasteiger partial charge on any atom is -0.480 e. The van der Waals surface area contributed by atoms with E-state index in [-0.39, 0.29) is 6.42 Å². The highest BCUT2D eigenvalue weighted by molar-refractivity contribution is 9.10. The summed E-state index contributed by atoms with van der Waals surface area (Å²) >= 11 is 3.15. The maximum absolute atomic E-state index is 12.0. The fourth-order valence-electron chi connectivity index (χ4n) is 1.60. The van der Waals surface area contributed by atoms with Crippen LogP contribution < -0.4 is 5.32 Å². The number of carboxylic acid groups (broad SMARTS) is 1. The van der Waals surface area contributed by atoms with Crippen molar-refractivity contribution < 1.29 is 14.7 Å². The molecule has 104 valence electrons. The van der Waals surface area contributed by atoms with Gasteiger partial charge in [0, 0.05) is 30.1 Å². The Morgan fingerprint density at radius 1 is 1.50 bits per heavy atom. The summed E-state index contributed by atoms with van der Waals surface area (Å²) in [5.41, 5.74) is 0.969. The number of halogens is 1. The number of rotatable bonds is 5. The predicted octanol–water partition coefficient (Wildman–Crippen LogP) is 0.993. The Labute approximate surface area is 122 Å². The lowest BCUT2D eigenvalue weighted by Gasteiger charge is -2.13. The fraction of sp³-hybridized carbons (Fsp3) is 0.167. The van der Waals surface area contributed by atoms with Crippen LogP contribution in [0.5, 0.6) is 0 Å². The first kappa shape index (κ1) is 14.2. The van der Waals surface area contributed by atoms with E-state index < -0.39 is 17.9 Å². The number of aromatic nitrogens is 3. The molecule has 2 aromatic heterocycles. The average Bonchev–Trinajstić information content (AvgIpc) is 2.90. The third-order valence-corrected chi connectivity index (χ3v) is 3.00. The number of amides is 1. The van der Waals surface area contributed by atoms with Gasteiger partial charge in [-0.3, -0.25) is 4.79 Å². The molecule has 1 unspecified atom stereocenters. The van der Waals surface area contributed by atoms with Gasteiger partial charge < -0.3 is 15.4 Å². The second kappa shape index (κ2) is 6.29. The number of hydrogen-bond donors (Lipinski definition) is 3. The Morgan fingerprint density at radius 3 is 2.90 bits per heavy atom. The molecule has 0 saturated heterocycles. The molecule has 0 radical (unpaired) electrons. The van der Waals surface area contributed by atoms with E-state index in [9.17, 15) is 9.59 Å². The SMILES string of the molecule is O=C(NC(Cc1cnc[nH]1)C(=O)O)c1ccnc(Br)c1. The molecule has 2 heterocycles. The second-order valence-electron chi connectivity index (χ2n) is 4.01. The predicted molar refractivity (Wildman–Crippen MR) is 73.1 cm³/mol. The van der Waals surface area contributed by atoms with Gasteiger partial charge in [-0.15, -0.1) is 0 Å². The van der Waals surface area contributed by atoms with Crippen molar-refractivity contribution >= 4 is 27.8 Å². The molecule has 7 nitrogen and oxygen atoms in total. The van der Waals surface area contributed by atoms with E-state index in [1.165, 1.54) is 30.9 Å². The van der Waals surface area contributed by atoms with Gasteiger partial charge in [0.2, 0.25) is 0 Å². The monoisotopic (exact) mass is 338 g/mol. The van der Waals surface area contributed by atoms with Crippen LogP contribution >= 0.6 is 15.9 Å². The molecule has 1 amide bonds. The molecule has 0 fully saturated rings. The van der Waals surface area contributed by atoms with E-state index in [2.05, 4.69) is 36.2 Å². The molecule has 0 bridgehead atoms. The van der Waals surface area contributed by atoms with Crippen LogP contribution in [-0.4, -0.2) is 38.0 Å². The van der Waals surface area contributed by atoms with E-state index in [0.717, 1.165) is 0 Å². The summed E-state index contributed by atoms with van der Waals surface area (Å²) < 4.78 is 0.505. The number of pyridine rings is 1. The Kier molecular flexibility index (Phi) is 4.46. The van der Waals surface area contributed by atoms with E-state index in [4.69, 9.17) is 5.11 Å². The van der Waals surface area contributed by atoms with Crippen molar-refractivity contribution in [1.82, 2.24) is 20.3 Å². The van der Waals surface area contributed by atoms with Crippen molar-refractivity contribution in [3.8, 4) is 0 Å². The third kappa shape index (κ3) is 3.64. The lowest BCUT2D eigenvalue weighted by atomic mass is 10.1. The van der Waals surface area contributed by atoms with Crippen LogP contribution in [0.3, 0.4) is 0 Å². The van der Waals surface area contributed by atoms with Crippen molar-refractivity contribution in [2.24, 2.45) is 0 Å². The zero-order valence-electron chi connectivity index (χ0n) is 10.2. The maximum atomic E-state index is 12.0. The molecular formula is C12H11BrN4O3. The number of nitrogens with one attached hydrogen (secondary N) is 2. The summed E-state index contributed by atoms with van der Waals surface area (Å²) in [7, 11) is 0. The van der Waals surface area contributed by atoms with Gasteiger partial charge in [-0.2, -0.15) is 0 Å². The minimum atomic E-state index is -1.11. The molecule has 0 spiro atoms. The van der Waals surface area contributed by atoms with Crippen LogP contribution in [0.1, 0.15) is 16.1 Å². The number of imidazole rings is 1. The smallest absolute Gasteiger partial charge is 0.326 e. The van der Waals surface area contributed by atoms with Gasteiger partial charge in [0.1, 0.15) is 10.6 Å². The van der Waals surface area contributed by atoms with E-state index in [0.29, 0.717) is 15.9 Å². The van der Waals surface area contributed by atoms with Gasteiger partial charge in [-0.05, 0) is 28.1 Å². The number of nitrogens with zero attached hydrogens (tertiary/aromatic N) is 2. The summed E-state index contributed by atoms with van der Waals surface area (Å²) in [5, 5.41) is 11.6. The number of carbonyl (C=O) groups excluding carboxylic acids is 1. The van der Waals surface area contributed by atoms with Crippen LogP contribution in [-0.2, 0) is 11.2 Å². The Morgan fingerprint density at radius 2 is 2.30 bits per heavy atom. The lowest BCUT2D eigenvalue weighted by Crippen LogP contribution is -2.42. The number of carbonyl (C=O) groups is 2. The van der Waals surface area contributed by atoms with Gasteiger partial charge >= 0.3 is 5.97 Å². The summed E-state index contributed by atoms with van der Waals surface area (Å²) in [6.07, 6.45) is 4.57. The summed E-state index contributed by atoms with van der Waals surface area (Å²) in [6, 6.07) is 1.99. The molecular weight excluding hydrogens is 328 g/mol. The normalized spacial score (nSPS) is 11.8. The second-order valence-corrected chi connectivity index (χ2v) is 4.82. The fourth-order valence-corrected chi connectivity index (χ4v) is 1.97. The summed E-state index contributed by atoms with van der Waals surface area (Å²) in [4.78, 5) is 33.7. The highest BCUT2D eigenvalue weighted by Crippen LogP contribution is 2.08. The van der Waals surface area contributed by atoms with Crippen LogP contribution in [0.15, 0.2) is 35.5 Å². The number of aliphatic carboxylic acids is 1. The lowest BCUT2D eigenvalue weighted by molar-refractivity contribution is -0.139. The molecule has 8 heteroatoms. The zero-order valence-corrected chi connectivity index (χ0v) is 11.8. The molecule has 0 aliphatic heterocycles.